The summed E-state index contributed by atoms with van der Waals surface area (Å²) < 4.78 is 5.71. The van der Waals surface area contributed by atoms with Crippen LogP contribution in [-0.4, -0.2) is 23.4 Å². The van der Waals surface area contributed by atoms with Gasteiger partial charge < -0.3 is 9.84 Å². The van der Waals surface area contributed by atoms with E-state index >= 15 is 0 Å². The monoisotopic (exact) mass is 186 g/mol. The first kappa shape index (κ1) is 11.0. The summed E-state index contributed by atoms with van der Waals surface area (Å²) in [7, 11) is 0. The molecule has 0 bridgehead atoms. The zero-order chi connectivity index (χ0) is 10.2. The van der Waals surface area contributed by atoms with Crippen molar-refractivity contribution >= 4 is 0 Å². The Morgan fingerprint density at radius 3 is 2.23 bits per heavy atom. The molecule has 1 aliphatic rings. The molecule has 13 heavy (non-hydrogen) atoms. The Balaban J connectivity index is 2.56. The molecule has 2 nitrogen and oxygen atoms in total. The van der Waals surface area contributed by atoms with E-state index in [0.717, 1.165) is 6.42 Å². The van der Waals surface area contributed by atoms with Crippen molar-refractivity contribution < 1.29 is 9.84 Å². The summed E-state index contributed by atoms with van der Waals surface area (Å²) in [6.07, 6.45) is 0.758. The summed E-state index contributed by atoms with van der Waals surface area (Å²) in [6, 6.07) is 0. The predicted molar refractivity (Wildman–Crippen MR) is 53.6 cm³/mol. The third-order valence-electron chi connectivity index (χ3n) is 3.33. The third kappa shape index (κ3) is 2.44. The minimum atomic E-state index is -0.269. The van der Waals surface area contributed by atoms with Crippen molar-refractivity contribution in [3.8, 4) is 0 Å². The molecule has 4 unspecified atom stereocenters. The highest BCUT2D eigenvalue weighted by atomic mass is 16.5. The molecule has 1 rings (SSSR count). The molecule has 0 spiro atoms. The summed E-state index contributed by atoms with van der Waals surface area (Å²) in [5, 5.41) is 9.56. The lowest BCUT2D eigenvalue weighted by atomic mass is 9.78. The Bertz CT molecular complexity index is 161. The number of aliphatic hydroxyl groups is 1. The van der Waals surface area contributed by atoms with Crippen LogP contribution in [-0.2, 0) is 4.74 Å². The average molecular weight is 186 g/mol. The SMILES string of the molecule is CC1OC(C(C)C(C)(C)C)CC1O. The van der Waals surface area contributed by atoms with Crippen molar-refractivity contribution in [3.05, 3.63) is 0 Å². The van der Waals surface area contributed by atoms with Gasteiger partial charge in [0.2, 0.25) is 0 Å². The van der Waals surface area contributed by atoms with Gasteiger partial charge in [-0.2, -0.15) is 0 Å². The quantitative estimate of drug-likeness (QED) is 0.680. The van der Waals surface area contributed by atoms with Crippen molar-refractivity contribution in [3.63, 3.8) is 0 Å². The lowest BCUT2D eigenvalue weighted by Gasteiger charge is -2.31. The molecule has 1 fully saturated rings. The van der Waals surface area contributed by atoms with E-state index in [1.165, 1.54) is 0 Å². The van der Waals surface area contributed by atoms with Gasteiger partial charge in [0.05, 0.1) is 18.3 Å². The molecule has 1 N–H and O–H groups in total. The minimum absolute atomic E-state index is 0.00907. The molecule has 1 heterocycles. The van der Waals surface area contributed by atoms with Crippen LogP contribution in [0.1, 0.15) is 41.0 Å². The van der Waals surface area contributed by atoms with Crippen LogP contribution in [0.2, 0.25) is 0 Å². The lowest BCUT2D eigenvalue weighted by molar-refractivity contribution is -0.0210. The Kier molecular flexibility index (Phi) is 3.03. The molecule has 0 radical (unpaired) electrons. The van der Waals surface area contributed by atoms with Gasteiger partial charge in [-0.3, -0.25) is 0 Å². The zero-order valence-electron chi connectivity index (χ0n) is 9.37. The fraction of sp³-hybridized carbons (Fsp3) is 1.00. The highest BCUT2D eigenvalue weighted by Crippen LogP contribution is 2.35. The molecule has 0 aliphatic carbocycles. The van der Waals surface area contributed by atoms with Crippen LogP contribution in [0.5, 0.6) is 0 Å². The molecule has 2 heteroatoms. The topological polar surface area (TPSA) is 29.5 Å². The predicted octanol–water partition coefficient (Wildman–Crippen LogP) is 2.21. The first-order chi connectivity index (χ1) is 5.82. The molecule has 0 aromatic heterocycles. The maximum atomic E-state index is 9.56. The van der Waals surface area contributed by atoms with Crippen LogP contribution in [0.15, 0.2) is 0 Å². The summed E-state index contributed by atoms with van der Waals surface area (Å²) >= 11 is 0. The van der Waals surface area contributed by atoms with Crippen LogP contribution in [0, 0.1) is 11.3 Å². The van der Waals surface area contributed by atoms with Crippen molar-refractivity contribution in [1.82, 2.24) is 0 Å². The smallest absolute Gasteiger partial charge is 0.0824 e. The largest absolute Gasteiger partial charge is 0.390 e. The molecular weight excluding hydrogens is 164 g/mol. The highest BCUT2D eigenvalue weighted by molar-refractivity contribution is 4.86. The third-order valence-corrected chi connectivity index (χ3v) is 3.33. The summed E-state index contributed by atoms with van der Waals surface area (Å²) in [4.78, 5) is 0. The summed E-state index contributed by atoms with van der Waals surface area (Å²) in [6.45, 7) is 10.8. The number of hydrogen-bond donors (Lipinski definition) is 1. The molecule has 0 amide bonds. The van der Waals surface area contributed by atoms with Gasteiger partial charge in [0, 0.05) is 6.42 Å². The van der Waals surface area contributed by atoms with Crippen molar-refractivity contribution in [2.24, 2.45) is 11.3 Å². The lowest BCUT2D eigenvalue weighted by Crippen LogP contribution is -2.29. The first-order valence-electron chi connectivity index (χ1n) is 5.16. The molecule has 0 aromatic carbocycles. The van der Waals surface area contributed by atoms with E-state index < -0.39 is 0 Å². The molecule has 1 aliphatic heterocycles. The second-order valence-corrected chi connectivity index (χ2v) is 5.34. The number of ether oxygens (including phenoxy) is 1. The van der Waals surface area contributed by atoms with E-state index in [2.05, 4.69) is 27.7 Å². The Hall–Kier alpha value is -0.0800. The maximum Gasteiger partial charge on any atom is 0.0824 e. The minimum Gasteiger partial charge on any atom is -0.390 e. The second-order valence-electron chi connectivity index (χ2n) is 5.34. The summed E-state index contributed by atoms with van der Waals surface area (Å²) in [5.74, 6) is 0.493. The van der Waals surface area contributed by atoms with Crippen LogP contribution >= 0.6 is 0 Å². The van der Waals surface area contributed by atoms with Gasteiger partial charge in [-0.1, -0.05) is 27.7 Å². The Morgan fingerprint density at radius 2 is 1.92 bits per heavy atom. The van der Waals surface area contributed by atoms with E-state index in [1.807, 2.05) is 6.92 Å². The number of hydrogen-bond acceptors (Lipinski definition) is 2. The van der Waals surface area contributed by atoms with E-state index in [-0.39, 0.29) is 23.7 Å². The van der Waals surface area contributed by atoms with Crippen LogP contribution in [0.3, 0.4) is 0 Å². The Labute approximate surface area is 81.3 Å². The van der Waals surface area contributed by atoms with Gasteiger partial charge in [0.25, 0.3) is 0 Å². The molecule has 1 saturated heterocycles. The van der Waals surface area contributed by atoms with Crippen molar-refractivity contribution in [2.45, 2.75) is 59.4 Å². The molecular formula is C11H22O2. The summed E-state index contributed by atoms with van der Waals surface area (Å²) in [5.41, 5.74) is 0.258. The van der Waals surface area contributed by atoms with E-state index in [0.29, 0.717) is 5.92 Å². The van der Waals surface area contributed by atoms with Gasteiger partial charge in [0.1, 0.15) is 0 Å². The van der Waals surface area contributed by atoms with Gasteiger partial charge in [-0.05, 0) is 18.3 Å². The van der Waals surface area contributed by atoms with Crippen LogP contribution < -0.4 is 0 Å². The Morgan fingerprint density at radius 1 is 1.38 bits per heavy atom. The van der Waals surface area contributed by atoms with Crippen LogP contribution in [0.25, 0.3) is 0 Å². The molecule has 0 aromatic rings. The maximum absolute atomic E-state index is 9.56. The van der Waals surface area contributed by atoms with Crippen molar-refractivity contribution in [2.75, 3.05) is 0 Å². The van der Waals surface area contributed by atoms with Crippen molar-refractivity contribution in [1.29, 1.82) is 0 Å². The van der Waals surface area contributed by atoms with Gasteiger partial charge in [-0.15, -0.1) is 0 Å². The molecule has 4 atom stereocenters. The average Bonchev–Trinajstić information content (AvgIpc) is 2.29. The zero-order valence-corrected chi connectivity index (χ0v) is 9.37. The van der Waals surface area contributed by atoms with E-state index in [9.17, 15) is 5.11 Å². The second kappa shape index (κ2) is 3.58. The standard InChI is InChI=1S/C11H22O2/c1-7(11(3,4)5)10-6-9(12)8(2)13-10/h7-10,12H,6H2,1-5H3. The van der Waals surface area contributed by atoms with Crippen LogP contribution in [0.4, 0.5) is 0 Å². The molecule has 0 saturated carbocycles. The van der Waals surface area contributed by atoms with Gasteiger partial charge in [-0.25, -0.2) is 0 Å². The molecule has 78 valence electrons. The fourth-order valence-electron chi connectivity index (χ4n) is 1.73. The first-order valence-corrected chi connectivity index (χ1v) is 5.16. The van der Waals surface area contributed by atoms with Gasteiger partial charge in [0.15, 0.2) is 0 Å². The van der Waals surface area contributed by atoms with Gasteiger partial charge >= 0.3 is 0 Å². The number of aliphatic hydroxyl groups excluding tert-OH is 1. The normalized spacial score (nSPS) is 37.8. The fourth-order valence-corrected chi connectivity index (χ4v) is 1.73. The highest BCUT2D eigenvalue weighted by Gasteiger charge is 2.38. The van der Waals surface area contributed by atoms with E-state index in [4.69, 9.17) is 4.74 Å². The number of rotatable bonds is 1. The van der Waals surface area contributed by atoms with E-state index in [1.54, 1.807) is 0 Å².